The molecule has 9 aromatic rings. The summed E-state index contributed by atoms with van der Waals surface area (Å²) < 4.78 is 6.64. The molecular weight excluding hydrogens is 655 g/mol. The third-order valence-corrected chi connectivity index (χ3v) is 11.7. The van der Waals surface area contributed by atoms with Gasteiger partial charge in [-0.25, -0.2) is 15.0 Å². The van der Waals surface area contributed by atoms with Gasteiger partial charge in [0.2, 0.25) is 0 Å². The van der Waals surface area contributed by atoms with Crippen LogP contribution >= 0.6 is 11.8 Å². The fourth-order valence-corrected chi connectivity index (χ4v) is 9.42. The number of furan rings is 1. The summed E-state index contributed by atoms with van der Waals surface area (Å²) in [6, 6.07) is 51.0. The first-order chi connectivity index (χ1) is 25.8. The van der Waals surface area contributed by atoms with Crippen molar-refractivity contribution in [1.82, 2.24) is 15.0 Å². The Morgan fingerprint density at radius 2 is 1.21 bits per heavy atom. The van der Waals surface area contributed by atoms with E-state index in [4.69, 9.17) is 19.4 Å². The van der Waals surface area contributed by atoms with E-state index in [0.29, 0.717) is 22.7 Å². The third kappa shape index (κ3) is 4.59. The molecule has 4 nitrogen and oxygen atoms in total. The normalized spacial score (nSPS) is 15.2. The second-order valence-corrected chi connectivity index (χ2v) is 14.7. The number of fused-ring (bicyclic) bond motifs is 9. The molecule has 0 spiro atoms. The highest BCUT2D eigenvalue weighted by molar-refractivity contribution is 8.00. The van der Waals surface area contributed by atoms with Crippen LogP contribution < -0.4 is 0 Å². The number of hydrogen-bond acceptors (Lipinski definition) is 5. The lowest BCUT2D eigenvalue weighted by Crippen LogP contribution is -2.05. The van der Waals surface area contributed by atoms with Crippen molar-refractivity contribution in [2.45, 2.75) is 16.6 Å². The number of thioether (sulfide) groups is 1. The van der Waals surface area contributed by atoms with Crippen LogP contribution in [0.1, 0.15) is 17.5 Å². The Kier molecular flexibility index (Phi) is 6.58. The third-order valence-electron chi connectivity index (χ3n) is 10.4. The van der Waals surface area contributed by atoms with Gasteiger partial charge in [0.25, 0.3) is 0 Å². The molecule has 0 saturated heterocycles. The second-order valence-electron chi connectivity index (χ2n) is 13.4. The van der Waals surface area contributed by atoms with E-state index in [-0.39, 0.29) is 0 Å². The highest BCUT2D eigenvalue weighted by atomic mass is 32.2. The molecule has 2 aromatic heterocycles. The van der Waals surface area contributed by atoms with Gasteiger partial charge in [-0.1, -0.05) is 127 Å². The maximum atomic E-state index is 6.64. The zero-order chi connectivity index (χ0) is 34.2. The van der Waals surface area contributed by atoms with Crippen molar-refractivity contribution in [2.75, 3.05) is 0 Å². The van der Waals surface area contributed by atoms with Crippen molar-refractivity contribution in [3.63, 3.8) is 0 Å². The maximum absolute atomic E-state index is 6.64. The minimum Gasteiger partial charge on any atom is -0.456 e. The Labute approximate surface area is 304 Å². The molecule has 0 saturated carbocycles. The number of allylic oxidation sites excluding steroid dienone is 3. The van der Waals surface area contributed by atoms with E-state index < -0.39 is 0 Å². The number of rotatable bonds is 4. The van der Waals surface area contributed by atoms with Crippen molar-refractivity contribution in [3.05, 3.63) is 169 Å². The molecule has 1 unspecified atom stereocenters. The van der Waals surface area contributed by atoms with Crippen LogP contribution in [0.3, 0.4) is 0 Å². The van der Waals surface area contributed by atoms with E-state index in [2.05, 4.69) is 127 Å². The van der Waals surface area contributed by atoms with Gasteiger partial charge < -0.3 is 4.42 Å². The first-order valence-corrected chi connectivity index (χ1v) is 18.5. The number of hydrogen-bond donors (Lipinski definition) is 0. The number of para-hydroxylation sites is 1. The van der Waals surface area contributed by atoms with Gasteiger partial charge >= 0.3 is 0 Å². The lowest BCUT2D eigenvalue weighted by Gasteiger charge is -2.20. The van der Waals surface area contributed by atoms with Gasteiger partial charge in [-0.2, -0.15) is 0 Å². The first kappa shape index (κ1) is 29.4. The van der Waals surface area contributed by atoms with Crippen LogP contribution in [0.15, 0.2) is 167 Å². The Morgan fingerprint density at radius 3 is 2.10 bits per heavy atom. The molecule has 0 fully saturated rings. The molecule has 1 aliphatic heterocycles. The fourth-order valence-electron chi connectivity index (χ4n) is 8.07. The minimum absolute atomic E-state index is 0.377. The van der Waals surface area contributed by atoms with Gasteiger partial charge in [0.1, 0.15) is 11.2 Å². The summed E-state index contributed by atoms with van der Waals surface area (Å²) in [4.78, 5) is 17.2. The van der Waals surface area contributed by atoms with E-state index in [1.165, 1.54) is 32.4 Å². The van der Waals surface area contributed by atoms with Crippen molar-refractivity contribution in [3.8, 4) is 34.2 Å². The van der Waals surface area contributed by atoms with Gasteiger partial charge in [-0.3, -0.25) is 0 Å². The lowest BCUT2D eigenvalue weighted by molar-refractivity contribution is 0.669. The highest BCUT2D eigenvalue weighted by Crippen LogP contribution is 2.52. The van der Waals surface area contributed by atoms with Gasteiger partial charge in [0.05, 0.1) is 0 Å². The van der Waals surface area contributed by atoms with E-state index in [1.807, 2.05) is 42.1 Å². The van der Waals surface area contributed by atoms with Crippen molar-refractivity contribution in [1.29, 1.82) is 0 Å². The predicted octanol–water partition coefficient (Wildman–Crippen LogP) is 12.4. The van der Waals surface area contributed by atoms with Gasteiger partial charge in [0, 0.05) is 37.6 Å². The van der Waals surface area contributed by atoms with Gasteiger partial charge in [-0.05, 0) is 80.6 Å². The molecular formula is C47H29N3OS. The lowest BCUT2D eigenvalue weighted by atomic mass is 9.86. The number of nitrogens with zero attached hydrogens (tertiary/aromatic N) is 3. The standard InChI is InChI=1S/C47H29N3OS/c1-2-13-28(14-3-1)45-48-46(37-25-29-15-4-5-16-31(29)33-17-6-7-18-34(33)37)50-47(49-45)38-26-30(27-40-43(38)35-19-8-10-22-39(35)51-40)32-21-12-24-42-44(32)36-20-9-11-23-41(36)52-42/h1-23,25-27,42H,24H2. The minimum atomic E-state index is 0.377. The highest BCUT2D eigenvalue weighted by Gasteiger charge is 2.32. The molecule has 1 atom stereocenters. The quantitative estimate of drug-likeness (QED) is 0.173. The molecule has 0 N–H and O–H groups in total. The molecule has 0 bridgehead atoms. The molecule has 0 amide bonds. The van der Waals surface area contributed by atoms with Crippen LogP contribution in [0.25, 0.3) is 88.8 Å². The molecule has 11 rings (SSSR count). The topological polar surface area (TPSA) is 51.8 Å². The van der Waals surface area contributed by atoms with E-state index >= 15 is 0 Å². The molecule has 52 heavy (non-hydrogen) atoms. The summed E-state index contributed by atoms with van der Waals surface area (Å²) in [5.74, 6) is 1.88. The Balaban J connectivity index is 1.23. The SMILES string of the molecule is C1=CC(c2cc(-c3nc(-c4ccccc4)nc(-c4cc5ccccc5c5ccccc45)n3)c3c(c2)oc2ccccc23)=C2c3ccccc3SC2C1. The first-order valence-electron chi connectivity index (χ1n) is 17.6. The molecule has 1 aliphatic carbocycles. The van der Waals surface area contributed by atoms with Crippen LogP contribution in [-0.2, 0) is 0 Å². The average molecular weight is 684 g/mol. The zero-order valence-electron chi connectivity index (χ0n) is 28.0. The summed E-state index contributed by atoms with van der Waals surface area (Å²) in [7, 11) is 0. The van der Waals surface area contributed by atoms with Crippen LogP contribution in [0.4, 0.5) is 0 Å². The van der Waals surface area contributed by atoms with Gasteiger partial charge in [0.15, 0.2) is 17.5 Å². The summed E-state index contributed by atoms with van der Waals surface area (Å²) in [5.41, 5.74) is 9.50. The van der Waals surface area contributed by atoms with Crippen molar-refractivity contribution < 1.29 is 4.42 Å². The van der Waals surface area contributed by atoms with Crippen LogP contribution in [-0.4, -0.2) is 20.2 Å². The molecule has 7 aromatic carbocycles. The zero-order valence-corrected chi connectivity index (χ0v) is 28.8. The Morgan fingerprint density at radius 1 is 0.519 bits per heavy atom. The second kappa shape index (κ2) is 11.6. The predicted molar refractivity (Wildman–Crippen MR) is 215 cm³/mol. The smallest absolute Gasteiger partial charge is 0.164 e. The average Bonchev–Trinajstić information content (AvgIpc) is 3.79. The monoisotopic (exact) mass is 683 g/mol. The Hall–Kier alpha value is -6.30. The van der Waals surface area contributed by atoms with E-state index in [0.717, 1.165) is 61.4 Å². The van der Waals surface area contributed by atoms with Crippen LogP contribution in [0.5, 0.6) is 0 Å². The fraction of sp³-hybridized carbons (Fsp3) is 0.0426. The van der Waals surface area contributed by atoms with E-state index in [1.54, 1.807) is 0 Å². The molecule has 3 heterocycles. The maximum Gasteiger partial charge on any atom is 0.164 e. The molecule has 0 radical (unpaired) electrons. The summed E-state index contributed by atoms with van der Waals surface area (Å²) in [6.45, 7) is 0. The summed E-state index contributed by atoms with van der Waals surface area (Å²) >= 11 is 1.96. The van der Waals surface area contributed by atoms with E-state index in [9.17, 15) is 0 Å². The molecule has 244 valence electrons. The Bertz CT molecular complexity index is 2980. The van der Waals surface area contributed by atoms with Crippen LogP contribution in [0.2, 0.25) is 0 Å². The van der Waals surface area contributed by atoms with Crippen molar-refractivity contribution >= 4 is 66.4 Å². The summed E-state index contributed by atoms with van der Waals surface area (Å²) in [5, 5.41) is 7.04. The largest absolute Gasteiger partial charge is 0.456 e. The van der Waals surface area contributed by atoms with Crippen LogP contribution in [0, 0.1) is 0 Å². The molecule has 5 heteroatoms. The van der Waals surface area contributed by atoms with Gasteiger partial charge in [-0.15, -0.1) is 11.8 Å². The number of aromatic nitrogens is 3. The summed E-state index contributed by atoms with van der Waals surface area (Å²) in [6.07, 6.45) is 5.61. The number of benzene rings is 7. The van der Waals surface area contributed by atoms with Crippen molar-refractivity contribution in [2.24, 2.45) is 0 Å². The molecule has 2 aliphatic rings.